The van der Waals surface area contributed by atoms with Crippen LogP contribution >= 0.6 is 0 Å². The Morgan fingerprint density at radius 2 is 1.29 bits per heavy atom. The SMILES string of the molecule is C=C(C)C(=O)OCC(O)CO.C=C(C)C(=O)OCOCCCOCC(O)CO. The molecule has 10 heteroatoms. The lowest BCUT2D eigenvalue weighted by Gasteiger charge is -2.08. The summed E-state index contributed by atoms with van der Waals surface area (Å²) < 4.78 is 19.3. The van der Waals surface area contributed by atoms with E-state index in [0.29, 0.717) is 25.2 Å². The maximum absolute atomic E-state index is 10.9. The van der Waals surface area contributed by atoms with Crippen molar-refractivity contribution in [3.8, 4) is 0 Å². The van der Waals surface area contributed by atoms with Crippen molar-refractivity contribution >= 4 is 11.9 Å². The highest BCUT2D eigenvalue weighted by atomic mass is 16.7. The van der Waals surface area contributed by atoms with Crippen molar-refractivity contribution in [2.24, 2.45) is 0 Å². The maximum atomic E-state index is 10.9. The number of aliphatic hydroxyl groups is 4. The van der Waals surface area contributed by atoms with Crippen LogP contribution in [0.1, 0.15) is 20.3 Å². The van der Waals surface area contributed by atoms with Gasteiger partial charge in [-0.15, -0.1) is 0 Å². The minimum absolute atomic E-state index is 0.0984. The van der Waals surface area contributed by atoms with E-state index in [1.165, 1.54) is 6.92 Å². The van der Waals surface area contributed by atoms with Gasteiger partial charge in [-0.2, -0.15) is 0 Å². The van der Waals surface area contributed by atoms with Gasteiger partial charge in [0.2, 0.25) is 0 Å². The molecule has 0 aromatic rings. The van der Waals surface area contributed by atoms with Crippen LogP contribution in [0.15, 0.2) is 24.3 Å². The van der Waals surface area contributed by atoms with Crippen molar-refractivity contribution in [1.82, 2.24) is 0 Å². The molecule has 0 saturated heterocycles. The van der Waals surface area contributed by atoms with Gasteiger partial charge in [-0.25, -0.2) is 9.59 Å². The van der Waals surface area contributed by atoms with E-state index in [1.54, 1.807) is 6.92 Å². The Kier molecular flexibility index (Phi) is 18.8. The predicted octanol–water partition coefficient (Wildman–Crippen LogP) is -0.701. The Bertz CT molecular complexity index is 463. The third kappa shape index (κ3) is 19.0. The summed E-state index contributed by atoms with van der Waals surface area (Å²) in [6, 6.07) is 0. The quantitative estimate of drug-likeness (QED) is 0.126. The highest BCUT2D eigenvalue weighted by Crippen LogP contribution is 1.94. The van der Waals surface area contributed by atoms with Crippen LogP contribution in [0.4, 0.5) is 0 Å². The van der Waals surface area contributed by atoms with E-state index in [2.05, 4.69) is 17.9 Å². The van der Waals surface area contributed by atoms with Crippen molar-refractivity contribution in [2.45, 2.75) is 32.5 Å². The van der Waals surface area contributed by atoms with E-state index >= 15 is 0 Å². The fourth-order valence-corrected chi connectivity index (χ4v) is 1.16. The van der Waals surface area contributed by atoms with Crippen molar-refractivity contribution in [1.29, 1.82) is 0 Å². The van der Waals surface area contributed by atoms with E-state index in [4.69, 9.17) is 34.6 Å². The highest BCUT2D eigenvalue weighted by Gasteiger charge is 2.07. The lowest BCUT2D eigenvalue weighted by atomic mass is 10.3. The van der Waals surface area contributed by atoms with Crippen LogP contribution in [-0.2, 0) is 28.5 Å². The Balaban J connectivity index is 0. The zero-order valence-corrected chi connectivity index (χ0v) is 16.5. The molecule has 164 valence electrons. The summed E-state index contributed by atoms with van der Waals surface area (Å²) in [5.41, 5.74) is 0.602. The third-order valence-corrected chi connectivity index (χ3v) is 2.69. The van der Waals surface area contributed by atoms with Crippen LogP contribution in [0.3, 0.4) is 0 Å². The second-order valence-electron chi connectivity index (χ2n) is 5.72. The molecule has 0 aromatic heterocycles. The van der Waals surface area contributed by atoms with Crippen LogP contribution in [0, 0.1) is 0 Å². The minimum atomic E-state index is -1.00. The van der Waals surface area contributed by atoms with Crippen LogP contribution in [-0.4, -0.2) is 91.0 Å². The molecule has 0 amide bonds. The molecule has 0 aliphatic carbocycles. The fourth-order valence-electron chi connectivity index (χ4n) is 1.16. The summed E-state index contributed by atoms with van der Waals surface area (Å²) in [5, 5.41) is 34.5. The lowest BCUT2D eigenvalue weighted by molar-refractivity contribution is -0.151. The molecular formula is C18H32O10. The predicted molar refractivity (Wildman–Crippen MR) is 99.1 cm³/mol. The summed E-state index contributed by atoms with van der Waals surface area (Å²) in [7, 11) is 0. The van der Waals surface area contributed by atoms with E-state index < -0.39 is 30.8 Å². The summed E-state index contributed by atoms with van der Waals surface area (Å²) in [6.45, 7) is 9.70. The normalized spacial score (nSPS) is 12.2. The van der Waals surface area contributed by atoms with Gasteiger partial charge in [0.1, 0.15) is 18.8 Å². The van der Waals surface area contributed by atoms with Crippen LogP contribution in [0.2, 0.25) is 0 Å². The summed E-state index contributed by atoms with van der Waals surface area (Å²) >= 11 is 0. The van der Waals surface area contributed by atoms with E-state index in [0.717, 1.165) is 0 Å². The molecule has 2 unspecified atom stereocenters. The van der Waals surface area contributed by atoms with E-state index in [1.807, 2.05) is 0 Å². The van der Waals surface area contributed by atoms with Gasteiger partial charge in [-0.05, 0) is 20.3 Å². The molecule has 10 nitrogen and oxygen atoms in total. The number of esters is 2. The number of rotatable bonds is 14. The second kappa shape index (κ2) is 18.5. The molecule has 0 heterocycles. The second-order valence-corrected chi connectivity index (χ2v) is 5.72. The Morgan fingerprint density at radius 1 is 0.821 bits per heavy atom. The van der Waals surface area contributed by atoms with Gasteiger partial charge in [0, 0.05) is 17.8 Å². The molecule has 0 aliphatic rings. The smallest absolute Gasteiger partial charge is 0.335 e. The highest BCUT2D eigenvalue weighted by molar-refractivity contribution is 5.87. The summed E-state index contributed by atoms with van der Waals surface area (Å²) in [6.07, 6.45) is -1.23. The first-order valence-corrected chi connectivity index (χ1v) is 8.54. The van der Waals surface area contributed by atoms with Gasteiger partial charge in [-0.3, -0.25) is 0 Å². The monoisotopic (exact) mass is 408 g/mol. The first kappa shape index (κ1) is 28.4. The van der Waals surface area contributed by atoms with E-state index in [-0.39, 0.29) is 32.2 Å². The molecule has 0 saturated carbocycles. The zero-order valence-electron chi connectivity index (χ0n) is 16.5. The molecule has 0 spiro atoms. The van der Waals surface area contributed by atoms with Gasteiger partial charge in [0.05, 0.1) is 26.4 Å². The third-order valence-electron chi connectivity index (χ3n) is 2.69. The summed E-state index contributed by atoms with van der Waals surface area (Å²) in [5.74, 6) is -1.04. The Morgan fingerprint density at radius 3 is 1.79 bits per heavy atom. The summed E-state index contributed by atoms with van der Waals surface area (Å²) in [4.78, 5) is 21.6. The minimum Gasteiger partial charge on any atom is -0.460 e. The first-order valence-electron chi connectivity index (χ1n) is 8.54. The molecule has 0 aliphatic heterocycles. The molecule has 0 radical (unpaired) electrons. The molecule has 2 atom stereocenters. The largest absolute Gasteiger partial charge is 0.460 e. The molecule has 0 rings (SSSR count). The van der Waals surface area contributed by atoms with Crippen molar-refractivity contribution in [3.05, 3.63) is 24.3 Å². The Hall–Kier alpha value is -1.82. The van der Waals surface area contributed by atoms with Crippen LogP contribution in [0.25, 0.3) is 0 Å². The molecule has 28 heavy (non-hydrogen) atoms. The van der Waals surface area contributed by atoms with Crippen molar-refractivity contribution in [3.63, 3.8) is 0 Å². The van der Waals surface area contributed by atoms with Crippen LogP contribution < -0.4 is 0 Å². The topological polar surface area (TPSA) is 152 Å². The van der Waals surface area contributed by atoms with Gasteiger partial charge in [0.25, 0.3) is 0 Å². The number of aliphatic hydroxyl groups excluding tert-OH is 4. The molecule has 4 N–H and O–H groups in total. The number of carbonyl (C=O) groups excluding carboxylic acids is 2. The molecule has 0 bridgehead atoms. The van der Waals surface area contributed by atoms with Crippen molar-refractivity contribution in [2.75, 3.05) is 46.4 Å². The average Bonchev–Trinajstić information content (AvgIpc) is 2.67. The first-order chi connectivity index (χ1) is 13.1. The number of ether oxygens (including phenoxy) is 4. The molecule has 0 aromatic carbocycles. The van der Waals surface area contributed by atoms with Gasteiger partial charge < -0.3 is 39.4 Å². The van der Waals surface area contributed by atoms with Crippen molar-refractivity contribution < 1.29 is 49.0 Å². The standard InChI is InChI=1S/C11H20O6.C7H12O4/c1-9(2)11(14)17-8-16-5-3-4-15-7-10(13)6-12;1-5(2)7(10)11-4-6(9)3-8/h10,12-13H,1,3-8H2,2H3;6,8-9H,1,3-4H2,2H3. The van der Waals surface area contributed by atoms with Gasteiger partial charge in [0.15, 0.2) is 6.79 Å². The zero-order chi connectivity index (χ0) is 21.9. The lowest BCUT2D eigenvalue weighted by Crippen LogP contribution is -2.22. The fraction of sp³-hybridized carbons (Fsp3) is 0.667. The van der Waals surface area contributed by atoms with Gasteiger partial charge in [-0.1, -0.05) is 13.2 Å². The average molecular weight is 408 g/mol. The molecule has 0 fully saturated rings. The number of hydrogen-bond donors (Lipinski definition) is 4. The maximum Gasteiger partial charge on any atom is 0.335 e. The number of hydrogen-bond acceptors (Lipinski definition) is 10. The Labute approximate surface area is 165 Å². The number of carbonyl (C=O) groups is 2. The molecular weight excluding hydrogens is 376 g/mol. The van der Waals surface area contributed by atoms with Gasteiger partial charge >= 0.3 is 11.9 Å². The van der Waals surface area contributed by atoms with E-state index in [9.17, 15) is 9.59 Å². The van der Waals surface area contributed by atoms with Crippen LogP contribution in [0.5, 0.6) is 0 Å².